The number of halogens is 1. The van der Waals surface area contributed by atoms with Gasteiger partial charge >= 0.3 is 0 Å². The van der Waals surface area contributed by atoms with Crippen LogP contribution in [0.2, 0.25) is 5.02 Å². The molecule has 1 aliphatic heterocycles. The number of carbonyl (C=O) groups is 2. The number of aryl methyl sites for hydroxylation is 1. The van der Waals surface area contributed by atoms with Gasteiger partial charge in [0.2, 0.25) is 0 Å². The molecule has 2 aromatic carbocycles. The van der Waals surface area contributed by atoms with Crippen molar-refractivity contribution in [1.29, 1.82) is 0 Å². The highest BCUT2D eigenvalue weighted by atomic mass is 35.5. The van der Waals surface area contributed by atoms with Crippen LogP contribution < -0.4 is 10.2 Å². The summed E-state index contributed by atoms with van der Waals surface area (Å²) >= 11 is 7.65. The smallest absolute Gasteiger partial charge is 0.277 e. The number of carbonyl (C=O) groups excluding carboxylic acids is 2. The van der Waals surface area contributed by atoms with E-state index >= 15 is 0 Å². The van der Waals surface area contributed by atoms with Crippen LogP contribution in [0.25, 0.3) is 0 Å². The Morgan fingerprint density at radius 3 is 2.57 bits per heavy atom. The SMILES string of the molecule is O=C(NC1CCCCC1)c1c(N=C2C(=O)N(Cc3ccc(Cl)cc3)c3ccccc32)sc2c1CCCC2. The zero-order valence-corrected chi connectivity index (χ0v) is 22.3. The molecule has 0 radical (unpaired) electrons. The molecule has 2 heterocycles. The van der Waals surface area contributed by atoms with E-state index in [1.165, 1.54) is 11.3 Å². The Morgan fingerprint density at radius 2 is 1.76 bits per heavy atom. The van der Waals surface area contributed by atoms with Gasteiger partial charge in [-0.3, -0.25) is 9.59 Å². The zero-order chi connectivity index (χ0) is 25.4. The number of hydrogen-bond donors (Lipinski definition) is 1. The fraction of sp³-hybridized carbons (Fsp3) is 0.367. The van der Waals surface area contributed by atoms with Crippen LogP contribution in [0.1, 0.15) is 76.9 Å². The maximum atomic E-state index is 13.8. The van der Waals surface area contributed by atoms with Crippen molar-refractivity contribution in [2.24, 2.45) is 4.99 Å². The van der Waals surface area contributed by atoms with E-state index in [0.717, 1.165) is 73.7 Å². The van der Waals surface area contributed by atoms with Crippen molar-refractivity contribution in [2.45, 2.75) is 70.4 Å². The number of para-hydroxylation sites is 1. The molecule has 5 nitrogen and oxygen atoms in total. The van der Waals surface area contributed by atoms with Gasteiger partial charge in [0.25, 0.3) is 11.8 Å². The zero-order valence-electron chi connectivity index (χ0n) is 20.8. The van der Waals surface area contributed by atoms with Crippen LogP contribution in [0.3, 0.4) is 0 Å². The van der Waals surface area contributed by atoms with E-state index in [2.05, 4.69) is 5.32 Å². The van der Waals surface area contributed by atoms with Crippen LogP contribution in [0.4, 0.5) is 10.7 Å². The van der Waals surface area contributed by atoms with Crippen molar-refractivity contribution in [1.82, 2.24) is 5.32 Å². The number of fused-ring (bicyclic) bond motifs is 2. The topological polar surface area (TPSA) is 61.8 Å². The molecule has 1 aromatic heterocycles. The highest BCUT2D eigenvalue weighted by molar-refractivity contribution is 7.16. The summed E-state index contributed by atoms with van der Waals surface area (Å²) < 4.78 is 0. The van der Waals surface area contributed by atoms with Crippen LogP contribution >= 0.6 is 22.9 Å². The van der Waals surface area contributed by atoms with E-state index in [1.807, 2.05) is 48.5 Å². The summed E-state index contributed by atoms with van der Waals surface area (Å²) in [5, 5.41) is 4.64. The lowest BCUT2D eigenvalue weighted by Crippen LogP contribution is -2.36. The van der Waals surface area contributed by atoms with Crippen molar-refractivity contribution in [3.05, 3.63) is 80.7 Å². The Hall–Kier alpha value is -2.96. The number of hydrogen-bond acceptors (Lipinski definition) is 4. The third-order valence-electron chi connectivity index (χ3n) is 7.69. The molecule has 1 N–H and O–H groups in total. The number of rotatable bonds is 5. The average molecular weight is 532 g/mol. The van der Waals surface area contributed by atoms with E-state index in [9.17, 15) is 9.59 Å². The lowest BCUT2D eigenvalue weighted by atomic mass is 9.93. The standard InChI is InChI=1S/C30H30ClN3O2S/c31-20-16-14-19(15-17-20)18-34-24-12-6-4-10-22(24)27(30(34)36)33-29-26(23-11-5-7-13-25(23)37-29)28(35)32-21-8-2-1-3-9-21/h4,6,10,12,14-17,21H,1-3,5,7-9,11,13,18H2,(H,32,35). The Balaban J connectivity index is 1.37. The monoisotopic (exact) mass is 531 g/mol. The van der Waals surface area contributed by atoms with Gasteiger partial charge < -0.3 is 10.2 Å². The second-order valence-corrected chi connectivity index (χ2v) is 11.7. The molecule has 6 rings (SSSR count). The fourth-order valence-corrected chi connectivity index (χ4v) is 7.16. The number of thiophene rings is 1. The highest BCUT2D eigenvalue weighted by Crippen LogP contribution is 2.42. The van der Waals surface area contributed by atoms with Gasteiger partial charge in [-0.15, -0.1) is 11.3 Å². The molecule has 190 valence electrons. The molecule has 3 aromatic rings. The molecule has 0 spiro atoms. The predicted molar refractivity (Wildman–Crippen MR) is 151 cm³/mol. The molecule has 2 amide bonds. The fourth-order valence-electron chi connectivity index (χ4n) is 5.77. The van der Waals surface area contributed by atoms with Gasteiger partial charge in [0.1, 0.15) is 10.7 Å². The minimum atomic E-state index is -0.138. The maximum Gasteiger partial charge on any atom is 0.277 e. The lowest BCUT2D eigenvalue weighted by Gasteiger charge is -2.23. The Bertz CT molecular complexity index is 1370. The third-order valence-corrected chi connectivity index (χ3v) is 9.12. The number of benzene rings is 2. The number of amides is 2. The van der Waals surface area contributed by atoms with Gasteiger partial charge in [0, 0.05) is 21.5 Å². The Kier molecular flexibility index (Phi) is 6.87. The van der Waals surface area contributed by atoms with Crippen molar-refractivity contribution >= 4 is 51.2 Å². The molecular weight excluding hydrogens is 502 g/mol. The van der Waals surface area contributed by atoms with Gasteiger partial charge in [-0.1, -0.05) is 61.2 Å². The van der Waals surface area contributed by atoms with Crippen molar-refractivity contribution in [3.63, 3.8) is 0 Å². The number of nitrogens with one attached hydrogen (secondary N) is 1. The molecule has 37 heavy (non-hydrogen) atoms. The largest absolute Gasteiger partial charge is 0.349 e. The first-order valence-electron chi connectivity index (χ1n) is 13.3. The first-order valence-corrected chi connectivity index (χ1v) is 14.5. The summed E-state index contributed by atoms with van der Waals surface area (Å²) in [4.78, 5) is 35.4. The Labute approximate surface area is 226 Å². The van der Waals surface area contributed by atoms with E-state index in [1.54, 1.807) is 16.2 Å². The van der Waals surface area contributed by atoms with Crippen LogP contribution in [0, 0.1) is 0 Å². The van der Waals surface area contributed by atoms with Crippen LogP contribution in [0.5, 0.6) is 0 Å². The molecule has 3 aliphatic rings. The first kappa shape index (κ1) is 24.4. The van der Waals surface area contributed by atoms with Crippen LogP contribution in [-0.2, 0) is 24.2 Å². The van der Waals surface area contributed by atoms with Crippen molar-refractivity contribution < 1.29 is 9.59 Å². The Morgan fingerprint density at radius 1 is 1.00 bits per heavy atom. The molecular formula is C30H30ClN3O2S. The molecule has 0 unspecified atom stereocenters. The normalized spacial score (nSPS) is 18.7. The summed E-state index contributed by atoms with van der Waals surface area (Å²) in [7, 11) is 0. The van der Waals surface area contributed by atoms with Gasteiger partial charge in [-0.25, -0.2) is 4.99 Å². The van der Waals surface area contributed by atoms with Crippen LogP contribution in [0.15, 0.2) is 53.5 Å². The number of nitrogens with zero attached hydrogens (tertiary/aromatic N) is 2. The summed E-state index contributed by atoms with van der Waals surface area (Å²) in [5.41, 5.74) is 4.89. The quantitative estimate of drug-likeness (QED) is 0.385. The van der Waals surface area contributed by atoms with Gasteiger partial charge in [-0.2, -0.15) is 0 Å². The van der Waals surface area contributed by atoms with Crippen molar-refractivity contribution in [3.8, 4) is 0 Å². The van der Waals surface area contributed by atoms with E-state index in [0.29, 0.717) is 27.8 Å². The maximum absolute atomic E-state index is 13.8. The van der Waals surface area contributed by atoms with Gasteiger partial charge in [0.05, 0.1) is 17.8 Å². The third kappa shape index (κ3) is 4.85. The predicted octanol–water partition coefficient (Wildman–Crippen LogP) is 7.01. The molecule has 0 bridgehead atoms. The number of anilines is 1. The number of aliphatic imine (C=N–C) groups is 1. The van der Waals surface area contributed by atoms with E-state index < -0.39 is 0 Å². The van der Waals surface area contributed by atoms with Crippen LogP contribution in [-0.4, -0.2) is 23.6 Å². The second-order valence-electron chi connectivity index (χ2n) is 10.2. The lowest BCUT2D eigenvalue weighted by molar-refractivity contribution is -0.112. The molecule has 2 aliphatic carbocycles. The molecule has 0 saturated heterocycles. The van der Waals surface area contributed by atoms with Gasteiger partial charge in [-0.05, 0) is 67.9 Å². The summed E-state index contributed by atoms with van der Waals surface area (Å²) in [6, 6.07) is 15.6. The van der Waals surface area contributed by atoms with E-state index in [4.69, 9.17) is 16.6 Å². The summed E-state index contributed by atoms with van der Waals surface area (Å²) in [6.07, 6.45) is 9.73. The molecule has 1 fully saturated rings. The highest BCUT2D eigenvalue weighted by Gasteiger charge is 2.35. The minimum absolute atomic E-state index is 0.0256. The second kappa shape index (κ2) is 10.4. The van der Waals surface area contributed by atoms with Gasteiger partial charge in [0.15, 0.2) is 0 Å². The van der Waals surface area contributed by atoms with E-state index in [-0.39, 0.29) is 17.9 Å². The first-order chi connectivity index (χ1) is 18.1. The minimum Gasteiger partial charge on any atom is -0.349 e. The average Bonchev–Trinajstić information content (AvgIpc) is 3.41. The molecule has 1 saturated carbocycles. The summed E-state index contributed by atoms with van der Waals surface area (Å²) in [5.74, 6) is -0.163. The molecule has 7 heteroatoms. The summed E-state index contributed by atoms with van der Waals surface area (Å²) in [6.45, 7) is 0.433. The van der Waals surface area contributed by atoms with Crippen molar-refractivity contribution in [2.75, 3.05) is 4.90 Å². The molecule has 0 atom stereocenters.